The first kappa shape index (κ1) is 33.3. The van der Waals surface area contributed by atoms with Gasteiger partial charge in [-0.15, -0.1) is 0 Å². The molecule has 33 heavy (non-hydrogen) atoms. The van der Waals surface area contributed by atoms with Gasteiger partial charge in [-0.05, 0) is 38.4 Å². The molecule has 3 rings (SSSR count). The summed E-state index contributed by atoms with van der Waals surface area (Å²) in [4.78, 5) is 13.2. The molecule has 0 aliphatic carbocycles. The first-order chi connectivity index (χ1) is 15.7. The van der Waals surface area contributed by atoms with Crippen LogP contribution in [0.3, 0.4) is 0 Å². The van der Waals surface area contributed by atoms with Crippen molar-refractivity contribution in [3.05, 3.63) is 65.1 Å². The zero-order valence-corrected chi connectivity index (χ0v) is 22.8. The van der Waals surface area contributed by atoms with E-state index in [1.165, 1.54) is 0 Å². The van der Waals surface area contributed by atoms with Gasteiger partial charge in [-0.3, -0.25) is 0 Å². The van der Waals surface area contributed by atoms with E-state index >= 15 is 0 Å². The second-order valence-corrected chi connectivity index (χ2v) is 8.21. The molecule has 1 amide bonds. The average Bonchev–Trinajstić information content (AvgIpc) is 2.83. The molecule has 0 spiro atoms. The van der Waals surface area contributed by atoms with Crippen LogP contribution in [0.1, 0.15) is 48.5 Å². The Balaban J connectivity index is 0. The van der Waals surface area contributed by atoms with Gasteiger partial charge in [0, 0.05) is 30.7 Å². The molecule has 0 atom stereocenters. The maximum absolute atomic E-state index is 11.5. The molecule has 2 aromatic rings. The minimum absolute atomic E-state index is 0.200. The van der Waals surface area contributed by atoms with Crippen LogP contribution >= 0.6 is 15.9 Å². The Morgan fingerprint density at radius 2 is 1.33 bits per heavy atom. The summed E-state index contributed by atoms with van der Waals surface area (Å²) in [6.45, 7) is 16.9. The van der Waals surface area contributed by atoms with E-state index in [4.69, 9.17) is 14.8 Å². The highest BCUT2D eigenvalue weighted by Gasteiger charge is 2.22. The van der Waals surface area contributed by atoms with Crippen LogP contribution in [0.15, 0.2) is 65.1 Å². The molecule has 1 heterocycles. The molecular weight excluding hydrogens is 483 g/mol. The van der Waals surface area contributed by atoms with Gasteiger partial charge >= 0.3 is 13.2 Å². The Morgan fingerprint density at radius 3 is 1.64 bits per heavy atom. The van der Waals surface area contributed by atoms with E-state index < -0.39 is 7.12 Å². The quantitative estimate of drug-likeness (QED) is 0.471. The van der Waals surface area contributed by atoms with Crippen molar-refractivity contribution in [1.82, 2.24) is 10.2 Å². The van der Waals surface area contributed by atoms with Gasteiger partial charge in [0.2, 0.25) is 0 Å². The van der Waals surface area contributed by atoms with Crippen molar-refractivity contribution in [2.45, 2.75) is 54.1 Å². The number of halogens is 1. The van der Waals surface area contributed by atoms with Crippen LogP contribution in [0.25, 0.3) is 0 Å². The molecule has 0 radical (unpaired) electrons. The second-order valence-electron chi connectivity index (χ2n) is 7.30. The smallest absolute Gasteiger partial charge is 0.444 e. The monoisotopic (exact) mass is 524 g/mol. The third-order valence-electron chi connectivity index (χ3n) is 3.60. The summed E-state index contributed by atoms with van der Waals surface area (Å²) in [6, 6.07) is 18.6. The lowest BCUT2D eigenvalue weighted by Gasteiger charge is -2.30. The maximum atomic E-state index is 11.5. The Labute approximate surface area is 209 Å². The number of carbonyl (C=O) groups is 1. The van der Waals surface area contributed by atoms with Crippen LogP contribution < -0.4 is 10.8 Å². The maximum Gasteiger partial charge on any atom is 0.488 e. The van der Waals surface area contributed by atoms with E-state index in [2.05, 4.69) is 21.2 Å². The molecule has 8 heteroatoms. The van der Waals surface area contributed by atoms with Gasteiger partial charge in [-0.2, -0.15) is 0 Å². The number of piperazine rings is 1. The number of benzene rings is 2. The zero-order chi connectivity index (χ0) is 25.7. The molecule has 0 unspecified atom stereocenters. The SMILES string of the molecule is Brc1ccccc1.CC.CC.CC(C)(C)OC(=O)N1CCNCC1.OB(O)c1ccccc1. The third-order valence-corrected chi connectivity index (χ3v) is 4.13. The van der Waals surface area contributed by atoms with Crippen molar-refractivity contribution in [3.8, 4) is 0 Å². The van der Waals surface area contributed by atoms with E-state index in [0.717, 1.165) is 30.7 Å². The fraction of sp³-hybridized carbons (Fsp3) is 0.480. The largest absolute Gasteiger partial charge is 0.488 e. The Kier molecular flexibility index (Phi) is 20.9. The number of rotatable bonds is 1. The lowest BCUT2D eigenvalue weighted by Crippen LogP contribution is -2.48. The second kappa shape index (κ2) is 20.7. The van der Waals surface area contributed by atoms with Crippen molar-refractivity contribution in [1.29, 1.82) is 0 Å². The molecule has 0 saturated carbocycles. The highest BCUT2D eigenvalue weighted by atomic mass is 79.9. The average molecular weight is 525 g/mol. The van der Waals surface area contributed by atoms with Crippen molar-refractivity contribution < 1.29 is 19.6 Å². The van der Waals surface area contributed by atoms with Crippen LogP contribution in [0, 0.1) is 0 Å². The summed E-state index contributed by atoms with van der Waals surface area (Å²) in [5, 5.41) is 20.3. The lowest BCUT2D eigenvalue weighted by atomic mass is 9.81. The molecule has 0 aromatic heterocycles. The first-order valence-electron chi connectivity index (χ1n) is 11.5. The van der Waals surface area contributed by atoms with Gasteiger partial charge in [-0.1, -0.05) is 92.2 Å². The van der Waals surface area contributed by atoms with Gasteiger partial charge in [-0.25, -0.2) is 4.79 Å². The number of nitrogens with zero attached hydrogens (tertiary/aromatic N) is 1. The molecule has 0 bridgehead atoms. The van der Waals surface area contributed by atoms with Crippen LogP contribution in [0.5, 0.6) is 0 Å². The zero-order valence-electron chi connectivity index (χ0n) is 21.2. The van der Waals surface area contributed by atoms with Crippen LogP contribution in [0.4, 0.5) is 4.79 Å². The predicted octanol–water partition coefficient (Wildman–Crippen LogP) is 4.69. The molecule has 1 aliphatic heterocycles. The topological polar surface area (TPSA) is 82.0 Å². The summed E-state index contributed by atoms with van der Waals surface area (Å²) in [5.41, 5.74) is 0.139. The number of carbonyl (C=O) groups excluding carboxylic acids is 1. The molecule has 6 nitrogen and oxygen atoms in total. The summed E-state index contributed by atoms with van der Waals surface area (Å²) in [6.07, 6.45) is -0.200. The van der Waals surface area contributed by atoms with Crippen LogP contribution in [0.2, 0.25) is 0 Å². The van der Waals surface area contributed by atoms with E-state index in [1.54, 1.807) is 29.2 Å². The Bertz CT molecular complexity index is 693. The minimum atomic E-state index is -1.34. The first-order valence-corrected chi connectivity index (χ1v) is 12.3. The summed E-state index contributed by atoms with van der Waals surface area (Å²) >= 11 is 3.31. The van der Waals surface area contributed by atoms with Crippen LogP contribution in [-0.4, -0.2) is 59.9 Å². The number of hydrogen-bond acceptors (Lipinski definition) is 5. The van der Waals surface area contributed by atoms with Crippen molar-refractivity contribution in [3.63, 3.8) is 0 Å². The number of amides is 1. The predicted molar refractivity (Wildman–Crippen MR) is 144 cm³/mol. The van der Waals surface area contributed by atoms with Crippen molar-refractivity contribution >= 4 is 34.6 Å². The molecule has 186 valence electrons. The minimum Gasteiger partial charge on any atom is -0.444 e. The Hall–Kier alpha value is -1.87. The van der Waals surface area contributed by atoms with E-state index in [0.29, 0.717) is 5.46 Å². The summed E-state index contributed by atoms with van der Waals surface area (Å²) in [7, 11) is -1.34. The molecule has 1 saturated heterocycles. The molecule has 3 N–H and O–H groups in total. The van der Waals surface area contributed by atoms with Crippen LogP contribution in [-0.2, 0) is 4.74 Å². The standard InChI is InChI=1S/C9H18N2O2.C6H7BO2.C6H5Br.2C2H6/c1-9(2,3)13-8(12)11-6-4-10-5-7-11;8-7(9)6-4-2-1-3-5-6;7-6-4-2-1-3-5-6;2*1-2/h10H,4-7H2,1-3H3;1-5,8-9H;1-5H;2*1-2H3. The molecule has 1 aliphatic rings. The van der Waals surface area contributed by atoms with Gasteiger partial charge in [0.25, 0.3) is 0 Å². The van der Waals surface area contributed by atoms with Crippen molar-refractivity contribution in [2.24, 2.45) is 0 Å². The van der Waals surface area contributed by atoms with E-state index in [1.807, 2.05) is 84.9 Å². The third kappa shape index (κ3) is 19.3. The lowest BCUT2D eigenvalue weighted by molar-refractivity contribution is 0.0229. The number of hydrogen-bond donors (Lipinski definition) is 3. The molecule has 2 aromatic carbocycles. The normalized spacial score (nSPS) is 12.0. The van der Waals surface area contributed by atoms with Gasteiger partial charge < -0.3 is 25.0 Å². The summed E-state index contributed by atoms with van der Waals surface area (Å²) in [5.74, 6) is 0. The fourth-order valence-electron chi connectivity index (χ4n) is 2.21. The Morgan fingerprint density at radius 1 is 0.909 bits per heavy atom. The van der Waals surface area contributed by atoms with Gasteiger partial charge in [0.15, 0.2) is 0 Å². The van der Waals surface area contributed by atoms with Crippen molar-refractivity contribution in [2.75, 3.05) is 26.2 Å². The number of nitrogens with one attached hydrogen (secondary N) is 1. The molecule has 1 fully saturated rings. The summed E-state index contributed by atoms with van der Waals surface area (Å²) < 4.78 is 6.37. The molecular formula is C25H42BBrN2O4. The number of ether oxygens (including phenoxy) is 1. The van der Waals surface area contributed by atoms with Gasteiger partial charge in [0.1, 0.15) is 5.60 Å². The fourth-order valence-corrected chi connectivity index (χ4v) is 2.52. The highest BCUT2D eigenvalue weighted by molar-refractivity contribution is 9.10. The van der Waals surface area contributed by atoms with E-state index in [-0.39, 0.29) is 11.7 Å². The van der Waals surface area contributed by atoms with Gasteiger partial charge in [0.05, 0.1) is 0 Å². The van der Waals surface area contributed by atoms with E-state index in [9.17, 15) is 4.79 Å². The highest BCUT2D eigenvalue weighted by Crippen LogP contribution is 2.10.